The van der Waals surface area contributed by atoms with E-state index in [0.29, 0.717) is 33.2 Å². The Morgan fingerprint density at radius 3 is 2.62 bits per heavy atom. The summed E-state index contributed by atoms with van der Waals surface area (Å²) in [5.41, 5.74) is 2.90. The van der Waals surface area contributed by atoms with E-state index in [1.807, 2.05) is 54.6 Å². The molecule has 2 heterocycles. The molecule has 0 aliphatic rings. The smallest absolute Gasteiger partial charge is 0.262 e. The third-order valence-electron chi connectivity index (χ3n) is 5.29. The normalized spacial score (nSPS) is 11.3. The number of H-pyrrole nitrogens is 1. The predicted molar refractivity (Wildman–Crippen MR) is 130 cm³/mol. The minimum absolute atomic E-state index is 0.0286. The molecule has 0 unspecified atom stereocenters. The number of ketones is 1. The van der Waals surface area contributed by atoms with Crippen LogP contribution in [-0.4, -0.2) is 26.1 Å². The van der Waals surface area contributed by atoms with Crippen LogP contribution >= 0.6 is 23.4 Å². The molecule has 7 heteroatoms. The van der Waals surface area contributed by atoms with E-state index in [2.05, 4.69) is 4.98 Å². The third-order valence-corrected chi connectivity index (χ3v) is 6.50. The van der Waals surface area contributed by atoms with Crippen LogP contribution in [0.4, 0.5) is 0 Å². The van der Waals surface area contributed by atoms with Crippen molar-refractivity contribution < 1.29 is 4.79 Å². The number of nitrogens with zero attached hydrogens (tertiary/aromatic N) is 2. The van der Waals surface area contributed by atoms with E-state index in [9.17, 15) is 9.59 Å². The number of rotatable bonds is 6. The van der Waals surface area contributed by atoms with Crippen LogP contribution in [0.1, 0.15) is 15.9 Å². The van der Waals surface area contributed by atoms with Gasteiger partial charge in [0, 0.05) is 27.7 Å². The maximum Gasteiger partial charge on any atom is 0.262 e. The summed E-state index contributed by atoms with van der Waals surface area (Å²) >= 11 is 7.39. The van der Waals surface area contributed by atoms with Gasteiger partial charge in [-0.15, -0.1) is 0 Å². The Morgan fingerprint density at radius 2 is 1.78 bits per heavy atom. The van der Waals surface area contributed by atoms with Crippen LogP contribution < -0.4 is 5.56 Å². The summed E-state index contributed by atoms with van der Waals surface area (Å²) in [6.07, 6.45) is 1.73. The SMILES string of the molecule is O=C(CSc1nc2cc(Cl)ccc2c(=O)n1Cc1ccccc1)c1c[nH]c2ccccc12. The highest BCUT2D eigenvalue weighted by Gasteiger charge is 2.17. The first kappa shape index (κ1) is 20.5. The molecule has 5 rings (SSSR count). The summed E-state index contributed by atoms with van der Waals surface area (Å²) in [6, 6.07) is 22.5. The number of hydrogen-bond acceptors (Lipinski definition) is 4. The van der Waals surface area contributed by atoms with Gasteiger partial charge in [-0.25, -0.2) is 4.98 Å². The second-order valence-electron chi connectivity index (χ2n) is 7.39. The molecule has 0 radical (unpaired) electrons. The lowest BCUT2D eigenvalue weighted by Gasteiger charge is -2.13. The van der Waals surface area contributed by atoms with Crippen molar-refractivity contribution in [1.82, 2.24) is 14.5 Å². The number of hydrogen-bond donors (Lipinski definition) is 1. The molecule has 32 heavy (non-hydrogen) atoms. The molecule has 0 aliphatic carbocycles. The summed E-state index contributed by atoms with van der Waals surface area (Å²) in [5, 5.41) is 2.38. The average molecular weight is 460 g/mol. The first-order chi connectivity index (χ1) is 15.6. The lowest BCUT2D eigenvalue weighted by Crippen LogP contribution is -2.24. The Hall–Kier alpha value is -3.35. The molecule has 1 N–H and O–H groups in total. The van der Waals surface area contributed by atoms with Crippen molar-refractivity contribution in [3.63, 3.8) is 0 Å². The topological polar surface area (TPSA) is 67.8 Å². The minimum Gasteiger partial charge on any atom is -0.360 e. The quantitative estimate of drug-likeness (QED) is 0.205. The number of benzene rings is 3. The third kappa shape index (κ3) is 3.95. The van der Waals surface area contributed by atoms with Gasteiger partial charge in [0.05, 0.1) is 23.2 Å². The molecule has 0 fully saturated rings. The van der Waals surface area contributed by atoms with Crippen molar-refractivity contribution >= 4 is 51.0 Å². The molecule has 5 nitrogen and oxygen atoms in total. The molecule has 0 bridgehead atoms. The molecular formula is C25H18ClN3O2S. The standard InChI is InChI=1S/C25H18ClN3O2S/c26-17-10-11-19-22(12-17)28-25(29(24(19)31)14-16-6-2-1-3-7-16)32-15-23(30)20-13-27-21-9-5-4-8-18(20)21/h1-13,27H,14-15H2. The number of para-hydroxylation sites is 1. The van der Waals surface area contributed by atoms with Crippen LogP contribution in [0, 0.1) is 0 Å². The van der Waals surface area contributed by atoms with Crippen LogP contribution in [0.15, 0.2) is 88.9 Å². The van der Waals surface area contributed by atoms with E-state index >= 15 is 0 Å². The van der Waals surface area contributed by atoms with Gasteiger partial charge in [0.1, 0.15) is 0 Å². The van der Waals surface area contributed by atoms with Gasteiger partial charge in [-0.3, -0.25) is 14.2 Å². The highest BCUT2D eigenvalue weighted by molar-refractivity contribution is 7.99. The summed E-state index contributed by atoms with van der Waals surface area (Å²) in [6.45, 7) is 0.370. The Morgan fingerprint density at radius 1 is 1.00 bits per heavy atom. The van der Waals surface area contributed by atoms with E-state index in [4.69, 9.17) is 16.6 Å². The zero-order chi connectivity index (χ0) is 22.1. The van der Waals surface area contributed by atoms with Gasteiger partial charge in [0.2, 0.25) is 0 Å². The van der Waals surface area contributed by atoms with Gasteiger partial charge in [-0.2, -0.15) is 0 Å². The number of nitrogens with one attached hydrogen (secondary N) is 1. The molecule has 0 spiro atoms. The van der Waals surface area contributed by atoms with Crippen molar-refractivity contribution in [2.75, 3.05) is 5.75 Å². The highest BCUT2D eigenvalue weighted by atomic mass is 35.5. The van der Waals surface area contributed by atoms with Gasteiger partial charge < -0.3 is 4.98 Å². The maximum atomic E-state index is 13.3. The number of carbonyl (C=O) groups is 1. The molecule has 0 saturated heterocycles. The summed E-state index contributed by atoms with van der Waals surface area (Å²) in [5.74, 6) is 0.133. The van der Waals surface area contributed by atoms with Gasteiger partial charge in [0.25, 0.3) is 5.56 Å². The second-order valence-corrected chi connectivity index (χ2v) is 8.77. The van der Waals surface area contributed by atoms with E-state index in [1.54, 1.807) is 29.0 Å². The van der Waals surface area contributed by atoms with Gasteiger partial charge in [-0.05, 0) is 29.8 Å². The summed E-state index contributed by atoms with van der Waals surface area (Å²) in [4.78, 5) is 34.1. The lowest BCUT2D eigenvalue weighted by atomic mass is 10.1. The molecule has 3 aromatic carbocycles. The fourth-order valence-corrected chi connectivity index (χ4v) is 4.75. The molecule has 5 aromatic rings. The second kappa shape index (κ2) is 8.65. The lowest BCUT2D eigenvalue weighted by molar-refractivity contribution is 0.102. The molecule has 0 amide bonds. The Labute approximate surface area is 193 Å². The van der Waals surface area contributed by atoms with Gasteiger partial charge >= 0.3 is 0 Å². The largest absolute Gasteiger partial charge is 0.360 e. The van der Waals surface area contributed by atoms with E-state index in [1.165, 1.54) is 11.8 Å². The van der Waals surface area contributed by atoms with Gasteiger partial charge in [0.15, 0.2) is 10.9 Å². The zero-order valence-electron chi connectivity index (χ0n) is 16.9. The van der Waals surface area contributed by atoms with Crippen LogP contribution in [0.25, 0.3) is 21.8 Å². The number of Topliss-reactive ketones (excluding diaryl/α,β-unsaturated/α-hetero) is 1. The molecule has 0 aliphatic heterocycles. The average Bonchev–Trinajstić information content (AvgIpc) is 3.24. The van der Waals surface area contributed by atoms with Crippen molar-refractivity contribution in [1.29, 1.82) is 0 Å². The van der Waals surface area contributed by atoms with Crippen LogP contribution in [0.3, 0.4) is 0 Å². The maximum absolute atomic E-state index is 13.3. The van der Waals surface area contributed by atoms with Crippen molar-refractivity contribution in [2.24, 2.45) is 0 Å². The first-order valence-electron chi connectivity index (χ1n) is 10.1. The predicted octanol–water partition coefficient (Wildman–Crippen LogP) is 5.55. The number of thioether (sulfide) groups is 1. The van der Waals surface area contributed by atoms with Gasteiger partial charge in [-0.1, -0.05) is 71.9 Å². The number of halogens is 1. The molecule has 0 saturated carbocycles. The Balaban J connectivity index is 1.52. The van der Waals surface area contributed by atoms with Crippen molar-refractivity contribution in [3.05, 3.63) is 105 Å². The van der Waals surface area contributed by atoms with E-state index in [-0.39, 0.29) is 17.1 Å². The number of aromatic nitrogens is 3. The van der Waals surface area contributed by atoms with E-state index < -0.39 is 0 Å². The monoisotopic (exact) mass is 459 g/mol. The summed E-state index contributed by atoms with van der Waals surface area (Å²) < 4.78 is 1.62. The Bertz CT molecular complexity index is 1510. The molecular weight excluding hydrogens is 442 g/mol. The zero-order valence-corrected chi connectivity index (χ0v) is 18.5. The number of fused-ring (bicyclic) bond motifs is 2. The van der Waals surface area contributed by atoms with Crippen LogP contribution in [0.5, 0.6) is 0 Å². The fourth-order valence-electron chi connectivity index (χ4n) is 3.70. The first-order valence-corrected chi connectivity index (χ1v) is 11.4. The number of aromatic amines is 1. The minimum atomic E-state index is -0.155. The Kier molecular flexibility index (Phi) is 5.55. The molecule has 0 atom stereocenters. The summed E-state index contributed by atoms with van der Waals surface area (Å²) in [7, 11) is 0. The van der Waals surface area contributed by atoms with E-state index in [0.717, 1.165) is 16.5 Å². The molecule has 158 valence electrons. The van der Waals surface area contributed by atoms with Crippen molar-refractivity contribution in [3.8, 4) is 0 Å². The van der Waals surface area contributed by atoms with Crippen LogP contribution in [-0.2, 0) is 6.54 Å². The number of carbonyl (C=O) groups excluding carboxylic acids is 1. The molecule has 2 aromatic heterocycles. The fraction of sp³-hybridized carbons (Fsp3) is 0.0800. The highest BCUT2D eigenvalue weighted by Crippen LogP contribution is 2.24. The van der Waals surface area contributed by atoms with Crippen LogP contribution in [0.2, 0.25) is 5.02 Å². The van der Waals surface area contributed by atoms with Crippen molar-refractivity contribution in [2.45, 2.75) is 11.7 Å².